The molecule has 1 unspecified atom stereocenters. The molecule has 1 atom stereocenters. The van der Waals surface area contributed by atoms with Crippen LogP contribution in [0.15, 0.2) is 40.9 Å². The van der Waals surface area contributed by atoms with E-state index in [9.17, 15) is 4.79 Å². The zero-order chi connectivity index (χ0) is 16.8. The Balaban J connectivity index is 1.74. The lowest BCUT2D eigenvalue weighted by Crippen LogP contribution is -2.24. The van der Waals surface area contributed by atoms with Crippen molar-refractivity contribution >= 4 is 34.9 Å². The van der Waals surface area contributed by atoms with Gasteiger partial charge in [0.15, 0.2) is 0 Å². The van der Waals surface area contributed by atoms with Gasteiger partial charge in [0.1, 0.15) is 17.3 Å². The highest BCUT2D eigenvalue weighted by Crippen LogP contribution is 2.39. The topological polar surface area (TPSA) is 60.1 Å². The van der Waals surface area contributed by atoms with E-state index in [4.69, 9.17) is 27.6 Å². The Morgan fingerprint density at radius 3 is 2.92 bits per heavy atom. The molecule has 3 heterocycles. The number of halogens is 2. The molecule has 1 aliphatic rings. The summed E-state index contributed by atoms with van der Waals surface area (Å²) in [5.74, 6) is 1.84. The second kappa shape index (κ2) is 5.69. The molecule has 0 spiro atoms. The van der Waals surface area contributed by atoms with Crippen LogP contribution in [-0.2, 0) is 11.8 Å². The van der Waals surface area contributed by atoms with E-state index in [-0.39, 0.29) is 11.8 Å². The lowest BCUT2D eigenvalue weighted by atomic mass is 9.92. The molecule has 0 saturated heterocycles. The lowest BCUT2D eigenvalue weighted by Gasteiger charge is -2.21. The second-order valence-corrected chi connectivity index (χ2v) is 6.55. The number of anilines is 1. The summed E-state index contributed by atoms with van der Waals surface area (Å²) in [5.41, 5.74) is 1.71. The molecule has 0 aliphatic carbocycles. The average Bonchev–Trinajstić information content (AvgIpc) is 3.15. The van der Waals surface area contributed by atoms with E-state index in [1.165, 1.54) is 0 Å². The highest BCUT2D eigenvalue weighted by atomic mass is 35.5. The molecule has 1 aromatic carbocycles. The molecule has 4 rings (SSSR count). The number of hydrogen-bond donors (Lipinski definition) is 1. The molecule has 1 N–H and O–H groups in total. The van der Waals surface area contributed by atoms with Crippen LogP contribution in [0.1, 0.15) is 23.7 Å². The molecular formula is C17H13Cl2N3O2. The quantitative estimate of drug-likeness (QED) is 0.732. The summed E-state index contributed by atoms with van der Waals surface area (Å²) in [7, 11) is 1.79. The van der Waals surface area contributed by atoms with Crippen LogP contribution in [-0.4, -0.2) is 15.7 Å². The predicted octanol–water partition coefficient (Wildman–Crippen LogP) is 4.46. The van der Waals surface area contributed by atoms with Crippen LogP contribution < -0.4 is 5.32 Å². The number of carbonyl (C=O) groups excluding carboxylic acids is 1. The maximum Gasteiger partial charge on any atom is 0.226 e. The number of nitrogens with one attached hydrogen (secondary N) is 1. The summed E-state index contributed by atoms with van der Waals surface area (Å²) >= 11 is 12.2. The monoisotopic (exact) mass is 361 g/mol. The number of aryl methyl sites for hydroxylation is 1. The van der Waals surface area contributed by atoms with E-state index in [1.807, 2.05) is 18.2 Å². The van der Waals surface area contributed by atoms with Gasteiger partial charge >= 0.3 is 0 Å². The van der Waals surface area contributed by atoms with Crippen LogP contribution in [0.3, 0.4) is 0 Å². The minimum atomic E-state index is -0.165. The summed E-state index contributed by atoms with van der Waals surface area (Å²) in [6.07, 6.45) is 2.08. The maximum absolute atomic E-state index is 12.0. The van der Waals surface area contributed by atoms with Gasteiger partial charge in [0.25, 0.3) is 0 Å². The largest absolute Gasteiger partial charge is 0.460 e. The molecule has 5 nitrogen and oxygen atoms in total. The van der Waals surface area contributed by atoms with Crippen molar-refractivity contribution < 1.29 is 9.21 Å². The van der Waals surface area contributed by atoms with Gasteiger partial charge < -0.3 is 9.73 Å². The molecule has 1 aliphatic heterocycles. The minimum Gasteiger partial charge on any atom is -0.460 e. The summed E-state index contributed by atoms with van der Waals surface area (Å²) in [6, 6.07) is 8.98. The van der Waals surface area contributed by atoms with Crippen molar-refractivity contribution in [1.82, 2.24) is 9.78 Å². The molecule has 2 aromatic heterocycles. The number of aromatic nitrogens is 2. The average molecular weight is 362 g/mol. The Morgan fingerprint density at radius 1 is 1.29 bits per heavy atom. The van der Waals surface area contributed by atoms with E-state index in [0.717, 1.165) is 11.1 Å². The van der Waals surface area contributed by atoms with Crippen molar-refractivity contribution in [3.63, 3.8) is 0 Å². The van der Waals surface area contributed by atoms with E-state index in [0.29, 0.717) is 33.8 Å². The number of benzene rings is 1. The van der Waals surface area contributed by atoms with E-state index < -0.39 is 0 Å². The predicted molar refractivity (Wildman–Crippen MR) is 92.5 cm³/mol. The van der Waals surface area contributed by atoms with Gasteiger partial charge in [-0.05, 0) is 30.3 Å². The molecule has 24 heavy (non-hydrogen) atoms. The third-order valence-electron chi connectivity index (χ3n) is 4.16. The summed E-state index contributed by atoms with van der Waals surface area (Å²) in [6.45, 7) is 0. The third-order valence-corrected chi connectivity index (χ3v) is 4.70. The number of furan rings is 1. The summed E-state index contributed by atoms with van der Waals surface area (Å²) in [5, 5.41) is 8.16. The van der Waals surface area contributed by atoms with Gasteiger partial charge in [-0.25, -0.2) is 0 Å². The van der Waals surface area contributed by atoms with Gasteiger partial charge in [-0.2, -0.15) is 5.10 Å². The van der Waals surface area contributed by atoms with Gasteiger partial charge in [0.05, 0.1) is 17.1 Å². The second-order valence-electron chi connectivity index (χ2n) is 5.70. The van der Waals surface area contributed by atoms with Crippen LogP contribution in [0.2, 0.25) is 10.0 Å². The van der Waals surface area contributed by atoms with Crippen LogP contribution in [0, 0.1) is 0 Å². The van der Waals surface area contributed by atoms with Crippen LogP contribution in [0.25, 0.3) is 11.3 Å². The molecule has 0 fully saturated rings. The fraction of sp³-hybridized carbons (Fsp3) is 0.176. The first-order chi connectivity index (χ1) is 11.5. The Morgan fingerprint density at radius 2 is 2.12 bits per heavy atom. The van der Waals surface area contributed by atoms with Crippen molar-refractivity contribution in [2.45, 2.75) is 12.3 Å². The van der Waals surface area contributed by atoms with E-state index >= 15 is 0 Å². The Labute approximate surface area is 148 Å². The fourth-order valence-electron chi connectivity index (χ4n) is 2.97. The number of fused-ring (bicyclic) bond motifs is 1. The van der Waals surface area contributed by atoms with Crippen molar-refractivity contribution in [2.24, 2.45) is 7.05 Å². The molecule has 122 valence electrons. The standard InChI is InChI=1S/C17H13Cl2N3O2/c1-22-17-12(8-20-22)11(7-16(23)21-17)15-5-4-14(24-15)10-3-2-9(18)6-13(10)19/h2-6,8,11H,7H2,1H3,(H,21,23). The number of amides is 1. The lowest BCUT2D eigenvalue weighted by molar-refractivity contribution is -0.116. The third kappa shape index (κ3) is 2.50. The van der Waals surface area contributed by atoms with Crippen molar-refractivity contribution in [1.29, 1.82) is 0 Å². The Hall–Kier alpha value is -2.24. The molecule has 3 aromatic rings. The summed E-state index contributed by atoms with van der Waals surface area (Å²) in [4.78, 5) is 12.0. The number of hydrogen-bond acceptors (Lipinski definition) is 3. The van der Waals surface area contributed by atoms with Crippen molar-refractivity contribution in [2.75, 3.05) is 5.32 Å². The minimum absolute atomic E-state index is 0.0569. The smallest absolute Gasteiger partial charge is 0.226 e. The normalized spacial score (nSPS) is 16.8. The Bertz CT molecular complexity index is 945. The zero-order valence-electron chi connectivity index (χ0n) is 12.7. The molecule has 1 amide bonds. The number of carbonyl (C=O) groups is 1. The highest BCUT2D eigenvalue weighted by molar-refractivity contribution is 6.36. The van der Waals surface area contributed by atoms with Crippen molar-refractivity contribution in [3.8, 4) is 11.3 Å². The Kier molecular flexibility index (Phi) is 3.62. The van der Waals surface area contributed by atoms with Gasteiger partial charge in [-0.1, -0.05) is 23.2 Å². The first kappa shape index (κ1) is 15.3. The highest BCUT2D eigenvalue weighted by Gasteiger charge is 2.31. The van der Waals surface area contributed by atoms with Gasteiger partial charge in [0, 0.05) is 29.6 Å². The van der Waals surface area contributed by atoms with Crippen LogP contribution in [0.5, 0.6) is 0 Å². The number of nitrogens with zero attached hydrogens (tertiary/aromatic N) is 2. The molecule has 7 heteroatoms. The maximum atomic E-state index is 12.0. The first-order valence-electron chi connectivity index (χ1n) is 7.40. The fourth-order valence-corrected chi connectivity index (χ4v) is 3.47. The van der Waals surface area contributed by atoms with Crippen LogP contribution in [0.4, 0.5) is 5.82 Å². The van der Waals surface area contributed by atoms with Gasteiger partial charge in [-0.15, -0.1) is 0 Å². The molecular weight excluding hydrogens is 349 g/mol. The molecule has 0 radical (unpaired) electrons. The molecule has 0 bridgehead atoms. The van der Waals surface area contributed by atoms with Crippen LogP contribution >= 0.6 is 23.2 Å². The van der Waals surface area contributed by atoms with E-state index in [2.05, 4.69) is 10.4 Å². The molecule has 0 saturated carbocycles. The summed E-state index contributed by atoms with van der Waals surface area (Å²) < 4.78 is 7.65. The SMILES string of the molecule is Cn1ncc2c1NC(=O)CC2c1ccc(-c2ccc(Cl)cc2Cl)o1. The van der Waals surface area contributed by atoms with Gasteiger partial charge in [-0.3, -0.25) is 9.48 Å². The van der Waals surface area contributed by atoms with E-state index in [1.54, 1.807) is 30.1 Å². The first-order valence-corrected chi connectivity index (χ1v) is 8.15. The van der Waals surface area contributed by atoms with Gasteiger partial charge in [0.2, 0.25) is 5.91 Å². The van der Waals surface area contributed by atoms with Crippen molar-refractivity contribution in [3.05, 3.63) is 57.9 Å². The zero-order valence-corrected chi connectivity index (χ0v) is 14.2. The number of rotatable bonds is 2.